The van der Waals surface area contributed by atoms with E-state index in [1.807, 2.05) is 0 Å². The molecule has 1 fully saturated rings. The maximum Gasteiger partial charge on any atom is 0.303 e. The topological polar surface area (TPSA) is 49.8 Å². The van der Waals surface area contributed by atoms with Crippen LogP contribution in [-0.2, 0) is 9.53 Å². The van der Waals surface area contributed by atoms with Crippen LogP contribution in [0.5, 0.6) is 0 Å². The second-order valence-electron chi connectivity index (χ2n) is 6.82. The molecule has 1 N–H and O–H groups in total. The predicted octanol–water partition coefficient (Wildman–Crippen LogP) is 5.88. The highest BCUT2D eigenvalue weighted by atomic mass is 16.6. The minimum Gasteiger partial charge on any atom is -0.481 e. The number of hydrogen-bond donors (Lipinski definition) is 1. The molecule has 1 rings (SSSR count). The lowest BCUT2D eigenvalue weighted by Gasteiger charge is -2.00. The van der Waals surface area contributed by atoms with Gasteiger partial charge in [-0.3, -0.25) is 4.79 Å². The van der Waals surface area contributed by atoms with Crippen LogP contribution in [0.4, 0.5) is 0 Å². The number of rotatable bonds is 16. The lowest BCUT2D eigenvalue weighted by atomic mass is 10.1. The van der Waals surface area contributed by atoms with Crippen molar-refractivity contribution in [3.63, 3.8) is 0 Å². The Bertz CT molecular complexity index is 325. The van der Waals surface area contributed by atoms with Gasteiger partial charge in [0.05, 0.1) is 12.2 Å². The summed E-state index contributed by atoms with van der Waals surface area (Å²) in [6.45, 7) is 2.24. The maximum atomic E-state index is 10.4. The first-order valence-electron chi connectivity index (χ1n) is 9.76. The highest BCUT2D eigenvalue weighted by Gasteiger charge is 2.36. The third-order valence-corrected chi connectivity index (χ3v) is 4.58. The van der Waals surface area contributed by atoms with E-state index in [4.69, 9.17) is 9.84 Å². The third kappa shape index (κ3) is 12.3. The molecule has 1 heterocycles. The summed E-state index contributed by atoms with van der Waals surface area (Å²) < 4.78 is 5.68. The van der Waals surface area contributed by atoms with Crippen LogP contribution in [0, 0.1) is 0 Å². The van der Waals surface area contributed by atoms with Crippen LogP contribution in [0.25, 0.3) is 0 Å². The molecule has 0 aromatic carbocycles. The molecule has 2 atom stereocenters. The molecule has 0 spiro atoms. The molecule has 1 aliphatic rings. The van der Waals surface area contributed by atoms with Crippen LogP contribution in [-0.4, -0.2) is 23.3 Å². The summed E-state index contributed by atoms with van der Waals surface area (Å²) in [6.07, 6.45) is 21.7. The van der Waals surface area contributed by atoms with Crippen LogP contribution in [0.1, 0.15) is 96.8 Å². The smallest absolute Gasteiger partial charge is 0.303 e. The quantitative estimate of drug-likeness (QED) is 0.219. The second-order valence-corrected chi connectivity index (χ2v) is 6.82. The van der Waals surface area contributed by atoms with Crippen molar-refractivity contribution in [2.24, 2.45) is 0 Å². The van der Waals surface area contributed by atoms with E-state index in [9.17, 15) is 4.79 Å². The molecule has 1 saturated heterocycles. The second kappa shape index (κ2) is 13.6. The van der Waals surface area contributed by atoms with Crippen molar-refractivity contribution >= 4 is 5.97 Å². The zero-order chi connectivity index (χ0) is 16.8. The van der Waals surface area contributed by atoms with Gasteiger partial charge in [0.2, 0.25) is 0 Å². The van der Waals surface area contributed by atoms with Crippen molar-refractivity contribution in [1.29, 1.82) is 0 Å². The highest BCUT2D eigenvalue weighted by Crippen LogP contribution is 2.30. The number of allylic oxidation sites excluding steroid dienone is 1. The molecule has 0 bridgehead atoms. The summed E-state index contributed by atoms with van der Waals surface area (Å²) in [7, 11) is 0. The van der Waals surface area contributed by atoms with Crippen LogP contribution in [0.3, 0.4) is 0 Å². The average Bonchev–Trinajstić information content (AvgIpc) is 3.27. The Morgan fingerprint density at radius 3 is 2.30 bits per heavy atom. The van der Waals surface area contributed by atoms with Crippen LogP contribution in [0.2, 0.25) is 0 Å². The number of ether oxygens (including phenoxy) is 1. The number of carboxylic acid groups (broad SMARTS) is 1. The first kappa shape index (κ1) is 20.2. The Labute approximate surface area is 142 Å². The molecule has 0 aliphatic carbocycles. The average molecular weight is 325 g/mol. The summed E-state index contributed by atoms with van der Waals surface area (Å²) in [5.41, 5.74) is 0. The summed E-state index contributed by atoms with van der Waals surface area (Å²) in [5.74, 6) is -0.666. The van der Waals surface area contributed by atoms with E-state index in [1.54, 1.807) is 0 Å². The first-order chi connectivity index (χ1) is 11.2. The number of unbranched alkanes of at least 4 members (excludes halogenated alkanes) is 9. The van der Waals surface area contributed by atoms with Crippen LogP contribution < -0.4 is 0 Å². The Kier molecular flexibility index (Phi) is 11.9. The summed E-state index contributed by atoms with van der Waals surface area (Å²) in [6, 6.07) is 0. The third-order valence-electron chi connectivity index (χ3n) is 4.58. The molecular weight excluding hydrogens is 288 g/mol. The standard InChI is InChI=1S/C20H36O3/c1-2-3-12-15-18-19(23-18)16-13-10-8-6-4-5-7-9-11-14-17-20(21)22/h10,13,18-19H,2-9,11-12,14-17H2,1H3,(H,21,22)/b13-10-. The van der Waals surface area contributed by atoms with Gasteiger partial charge in [-0.05, 0) is 32.1 Å². The Hall–Kier alpha value is -0.830. The van der Waals surface area contributed by atoms with E-state index in [0.717, 1.165) is 19.3 Å². The minimum absolute atomic E-state index is 0.328. The van der Waals surface area contributed by atoms with E-state index in [1.165, 1.54) is 64.2 Å². The molecule has 0 aromatic heterocycles. The highest BCUT2D eigenvalue weighted by molar-refractivity contribution is 5.66. The lowest BCUT2D eigenvalue weighted by molar-refractivity contribution is -0.137. The molecule has 2 unspecified atom stereocenters. The molecule has 3 heteroatoms. The van der Waals surface area contributed by atoms with E-state index in [-0.39, 0.29) is 0 Å². The fourth-order valence-corrected chi connectivity index (χ4v) is 3.01. The summed E-state index contributed by atoms with van der Waals surface area (Å²) >= 11 is 0. The molecule has 0 radical (unpaired) electrons. The van der Waals surface area contributed by atoms with Gasteiger partial charge in [0, 0.05) is 6.42 Å². The van der Waals surface area contributed by atoms with Crippen molar-refractivity contribution in [2.45, 2.75) is 109 Å². The van der Waals surface area contributed by atoms with Crippen molar-refractivity contribution in [3.8, 4) is 0 Å². The lowest BCUT2D eigenvalue weighted by Crippen LogP contribution is -1.93. The zero-order valence-corrected chi connectivity index (χ0v) is 15.0. The minimum atomic E-state index is -0.666. The Morgan fingerprint density at radius 1 is 0.913 bits per heavy atom. The molecule has 0 saturated carbocycles. The fourth-order valence-electron chi connectivity index (χ4n) is 3.01. The van der Waals surface area contributed by atoms with Gasteiger partial charge in [-0.1, -0.05) is 70.4 Å². The van der Waals surface area contributed by atoms with E-state index in [2.05, 4.69) is 19.1 Å². The van der Waals surface area contributed by atoms with Crippen molar-refractivity contribution in [2.75, 3.05) is 0 Å². The number of epoxide rings is 1. The first-order valence-corrected chi connectivity index (χ1v) is 9.76. The van der Waals surface area contributed by atoms with Gasteiger partial charge in [0.25, 0.3) is 0 Å². The molecule has 3 nitrogen and oxygen atoms in total. The van der Waals surface area contributed by atoms with Gasteiger partial charge < -0.3 is 9.84 Å². The molecule has 134 valence electrons. The molecule has 0 amide bonds. The van der Waals surface area contributed by atoms with Gasteiger partial charge in [0.1, 0.15) is 0 Å². The maximum absolute atomic E-state index is 10.4. The summed E-state index contributed by atoms with van der Waals surface area (Å²) in [4.78, 5) is 10.4. The van der Waals surface area contributed by atoms with Crippen LogP contribution >= 0.6 is 0 Å². The Morgan fingerprint density at radius 2 is 1.61 bits per heavy atom. The monoisotopic (exact) mass is 324 g/mol. The van der Waals surface area contributed by atoms with E-state index >= 15 is 0 Å². The van der Waals surface area contributed by atoms with Crippen molar-refractivity contribution < 1.29 is 14.6 Å². The zero-order valence-electron chi connectivity index (χ0n) is 15.0. The van der Waals surface area contributed by atoms with Crippen molar-refractivity contribution in [3.05, 3.63) is 12.2 Å². The summed E-state index contributed by atoms with van der Waals surface area (Å²) in [5, 5.41) is 8.54. The molecular formula is C20H36O3. The fraction of sp³-hybridized carbons (Fsp3) is 0.850. The largest absolute Gasteiger partial charge is 0.481 e. The number of hydrogen-bond acceptors (Lipinski definition) is 2. The van der Waals surface area contributed by atoms with E-state index in [0.29, 0.717) is 18.6 Å². The van der Waals surface area contributed by atoms with Gasteiger partial charge in [-0.25, -0.2) is 0 Å². The van der Waals surface area contributed by atoms with Crippen molar-refractivity contribution in [1.82, 2.24) is 0 Å². The van der Waals surface area contributed by atoms with Gasteiger partial charge in [-0.2, -0.15) is 0 Å². The van der Waals surface area contributed by atoms with E-state index < -0.39 is 5.97 Å². The number of carboxylic acids is 1. The van der Waals surface area contributed by atoms with Gasteiger partial charge in [0.15, 0.2) is 0 Å². The predicted molar refractivity (Wildman–Crippen MR) is 95.7 cm³/mol. The van der Waals surface area contributed by atoms with Crippen LogP contribution in [0.15, 0.2) is 12.2 Å². The molecule has 0 aromatic rings. The SMILES string of the molecule is CCCCCC1OC1C/C=C\CCCCCCCCCC(=O)O. The Balaban J connectivity index is 1.77. The number of aliphatic carboxylic acids is 1. The molecule has 1 aliphatic heterocycles. The van der Waals surface area contributed by atoms with Gasteiger partial charge >= 0.3 is 5.97 Å². The van der Waals surface area contributed by atoms with Gasteiger partial charge in [-0.15, -0.1) is 0 Å². The molecule has 23 heavy (non-hydrogen) atoms. The number of carbonyl (C=O) groups is 1. The normalized spacial score (nSPS) is 20.2.